The summed E-state index contributed by atoms with van der Waals surface area (Å²) in [6.45, 7) is 13.5. The van der Waals surface area contributed by atoms with Crippen LogP contribution in [0.2, 0.25) is 0 Å². The largest absolute Gasteiger partial charge is 0.493 e. The van der Waals surface area contributed by atoms with Crippen molar-refractivity contribution in [1.82, 2.24) is 4.90 Å². The maximum atomic E-state index is 13.1. The van der Waals surface area contributed by atoms with Crippen LogP contribution in [0.5, 0.6) is 11.5 Å². The molecular formula is C31H38N4O4. The molecule has 2 atom stereocenters. The molecule has 8 heteroatoms. The van der Waals surface area contributed by atoms with Gasteiger partial charge in [-0.15, -0.1) is 0 Å². The minimum Gasteiger partial charge on any atom is -0.493 e. The monoisotopic (exact) mass is 530 g/mol. The molecule has 0 spiro atoms. The SMILES string of the molecule is COc1c(C#N)cc(C(C)(C)C)cc1NC(=O)Nc1ccc(OCCN2CC(C)OC(C)C2)c2ccccc12. The minimum atomic E-state index is -0.433. The van der Waals surface area contributed by atoms with Crippen LogP contribution in [0, 0.1) is 11.3 Å². The average Bonchev–Trinajstić information content (AvgIpc) is 2.88. The van der Waals surface area contributed by atoms with Crippen molar-refractivity contribution in [3.63, 3.8) is 0 Å². The van der Waals surface area contributed by atoms with Crippen molar-refractivity contribution in [3.8, 4) is 17.6 Å². The molecule has 0 bridgehead atoms. The number of hydrogen-bond acceptors (Lipinski definition) is 6. The number of methoxy groups -OCH3 is 1. The average molecular weight is 531 g/mol. The number of nitrogens with one attached hydrogen (secondary N) is 2. The minimum absolute atomic E-state index is 0.213. The van der Waals surface area contributed by atoms with Gasteiger partial charge in [0.2, 0.25) is 0 Å². The van der Waals surface area contributed by atoms with Crippen molar-refractivity contribution in [3.05, 3.63) is 59.7 Å². The third-order valence-electron chi connectivity index (χ3n) is 6.82. The van der Waals surface area contributed by atoms with Gasteiger partial charge in [-0.2, -0.15) is 5.26 Å². The Hall–Kier alpha value is -3.80. The number of carbonyl (C=O) groups is 1. The van der Waals surface area contributed by atoms with Crippen LogP contribution in [-0.4, -0.2) is 56.5 Å². The molecule has 3 aromatic carbocycles. The first-order chi connectivity index (χ1) is 18.6. The normalized spacial score (nSPS) is 17.9. The number of rotatable bonds is 7. The molecule has 2 N–H and O–H groups in total. The number of nitriles is 1. The predicted octanol–water partition coefficient (Wildman–Crippen LogP) is 6.15. The van der Waals surface area contributed by atoms with Gasteiger partial charge < -0.3 is 24.8 Å². The van der Waals surface area contributed by atoms with Crippen molar-refractivity contribution >= 4 is 28.2 Å². The first-order valence-corrected chi connectivity index (χ1v) is 13.3. The van der Waals surface area contributed by atoms with Crippen molar-refractivity contribution in [2.24, 2.45) is 0 Å². The molecule has 1 fully saturated rings. The fourth-order valence-corrected chi connectivity index (χ4v) is 4.99. The number of hydrogen-bond donors (Lipinski definition) is 2. The molecule has 39 heavy (non-hydrogen) atoms. The zero-order valence-electron chi connectivity index (χ0n) is 23.6. The summed E-state index contributed by atoms with van der Waals surface area (Å²) in [5.74, 6) is 1.10. The van der Waals surface area contributed by atoms with E-state index in [1.165, 1.54) is 7.11 Å². The lowest BCUT2D eigenvalue weighted by atomic mass is 9.85. The van der Waals surface area contributed by atoms with Gasteiger partial charge in [0.25, 0.3) is 0 Å². The predicted molar refractivity (Wildman–Crippen MR) is 155 cm³/mol. The molecule has 206 valence electrons. The Morgan fingerprint density at radius 1 is 1.05 bits per heavy atom. The van der Waals surface area contributed by atoms with Gasteiger partial charge in [-0.25, -0.2) is 4.79 Å². The van der Waals surface area contributed by atoms with Crippen molar-refractivity contribution < 1.29 is 19.0 Å². The van der Waals surface area contributed by atoms with E-state index in [0.29, 0.717) is 29.3 Å². The van der Waals surface area contributed by atoms with Crippen LogP contribution in [0.3, 0.4) is 0 Å². The van der Waals surface area contributed by atoms with Crippen molar-refractivity contribution in [2.75, 3.05) is 44.0 Å². The van der Waals surface area contributed by atoms with Gasteiger partial charge in [-0.3, -0.25) is 4.90 Å². The highest BCUT2D eigenvalue weighted by Crippen LogP contribution is 2.36. The topological polar surface area (TPSA) is 95.8 Å². The molecular weight excluding hydrogens is 492 g/mol. The van der Waals surface area contributed by atoms with E-state index < -0.39 is 6.03 Å². The van der Waals surface area contributed by atoms with Gasteiger partial charge in [-0.05, 0) is 49.1 Å². The van der Waals surface area contributed by atoms with Gasteiger partial charge in [0.15, 0.2) is 5.75 Å². The number of urea groups is 1. The number of carbonyl (C=O) groups excluding carboxylic acids is 1. The van der Waals surface area contributed by atoms with Gasteiger partial charge in [0, 0.05) is 30.4 Å². The maximum absolute atomic E-state index is 13.1. The van der Waals surface area contributed by atoms with Crippen LogP contribution in [0.15, 0.2) is 48.5 Å². The fraction of sp³-hybridized carbons (Fsp3) is 0.419. The molecule has 1 saturated heterocycles. The number of nitrogens with zero attached hydrogens (tertiary/aromatic N) is 2. The van der Waals surface area contributed by atoms with E-state index in [-0.39, 0.29) is 17.6 Å². The molecule has 1 aliphatic rings. The third-order valence-corrected chi connectivity index (χ3v) is 6.82. The Bertz CT molecular complexity index is 1370. The highest BCUT2D eigenvalue weighted by atomic mass is 16.5. The highest BCUT2D eigenvalue weighted by Gasteiger charge is 2.23. The van der Waals surface area contributed by atoms with E-state index in [1.54, 1.807) is 6.07 Å². The molecule has 4 rings (SSSR count). The number of anilines is 2. The molecule has 1 heterocycles. The Morgan fingerprint density at radius 3 is 2.36 bits per heavy atom. The second-order valence-electron chi connectivity index (χ2n) is 11.1. The van der Waals surface area contributed by atoms with Gasteiger partial charge in [0.1, 0.15) is 18.4 Å². The Labute approximate surface area is 230 Å². The Kier molecular flexibility index (Phi) is 8.63. The van der Waals surface area contributed by atoms with E-state index in [2.05, 4.69) is 56.2 Å². The lowest BCUT2D eigenvalue weighted by Gasteiger charge is -2.35. The highest BCUT2D eigenvalue weighted by molar-refractivity contribution is 6.08. The summed E-state index contributed by atoms with van der Waals surface area (Å²) in [5.41, 5.74) is 2.17. The number of fused-ring (bicyclic) bond motifs is 1. The van der Waals surface area contributed by atoms with Crippen molar-refractivity contribution in [2.45, 2.75) is 52.2 Å². The first kappa shape index (κ1) is 28.2. The maximum Gasteiger partial charge on any atom is 0.323 e. The molecule has 8 nitrogen and oxygen atoms in total. The Balaban J connectivity index is 1.50. The van der Waals surface area contributed by atoms with Crippen LogP contribution in [0.1, 0.15) is 45.7 Å². The van der Waals surface area contributed by atoms with E-state index in [0.717, 1.165) is 41.7 Å². The zero-order valence-corrected chi connectivity index (χ0v) is 23.6. The first-order valence-electron chi connectivity index (χ1n) is 13.3. The molecule has 3 aromatic rings. The summed E-state index contributed by atoms with van der Waals surface area (Å²) < 4.78 is 17.5. The van der Waals surface area contributed by atoms with Crippen LogP contribution in [-0.2, 0) is 10.2 Å². The van der Waals surface area contributed by atoms with E-state index in [1.807, 2.05) is 42.5 Å². The third kappa shape index (κ3) is 6.80. The summed E-state index contributed by atoms with van der Waals surface area (Å²) >= 11 is 0. The molecule has 0 aliphatic carbocycles. The van der Waals surface area contributed by atoms with Gasteiger partial charge >= 0.3 is 6.03 Å². The standard InChI is InChI=1S/C31H38N4O4/c1-20-18-35(19-21(2)39-20)13-14-38-28-12-11-26(24-9-7-8-10-25(24)28)33-30(36)34-27-16-23(31(3,4)5)15-22(17-32)29(27)37-6/h7-12,15-16,20-21H,13-14,18-19H2,1-6H3,(H2,33,34,36). The summed E-state index contributed by atoms with van der Waals surface area (Å²) in [6, 6.07) is 17.0. The van der Waals surface area contributed by atoms with Crippen molar-refractivity contribution in [1.29, 1.82) is 5.26 Å². The molecule has 1 aliphatic heterocycles. The quantitative estimate of drug-likeness (QED) is 0.380. The number of morpholine rings is 1. The smallest absolute Gasteiger partial charge is 0.323 e. The number of ether oxygens (including phenoxy) is 3. The zero-order chi connectivity index (χ0) is 28.2. The van der Waals surface area contributed by atoms with E-state index in [4.69, 9.17) is 14.2 Å². The summed E-state index contributed by atoms with van der Waals surface area (Å²) in [6.07, 6.45) is 0.432. The van der Waals surface area contributed by atoms with Crippen LogP contribution in [0.25, 0.3) is 10.8 Å². The van der Waals surface area contributed by atoms with Crippen LogP contribution in [0.4, 0.5) is 16.2 Å². The van der Waals surface area contributed by atoms with Gasteiger partial charge in [0.05, 0.1) is 36.3 Å². The molecule has 2 unspecified atom stereocenters. The fourth-order valence-electron chi connectivity index (χ4n) is 4.99. The molecule has 0 saturated carbocycles. The molecule has 0 radical (unpaired) electrons. The summed E-state index contributed by atoms with van der Waals surface area (Å²) in [4.78, 5) is 15.5. The second-order valence-corrected chi connectivity index (χ2v) is 11.1. The van der Waals surface area contributed by atoms with Crippen LogP contribution >= 0.6 is 0 Å². The van der Waals surface area contributed by atoms with E-state index in [9.17, 15) is 10.1 Å². The van der Waals surface area contributed by atoms with E-state index >= 15 is 0 Å². The second kappa shape index (κ2) is 11.9. The lowest BCUT2D eigenvalue weighted by Crippen LogP contribution is -2.46. The number of amides is 2. The Morgan fingerprint density at radius 2 is 1.72 bits per heavy atom. The lowest BCUT2D eigenvalue weighted by molar-refractivity contribution is -0.0699. The summed E-state index contributed by atoms with van der Waals surface area (Å²) in [5, 5.41) is 17.3. The number of benzene rings is 3. The summed E-state index contributed by atoms with van der Waals surface area (Å²) in [7, 11) is 1.49. The molecule has 0 aromatic heterocycles. The van der Waals surface area contributed by atoms with Crippen LogP contribution < -0.4 is 20.1 Å². The molecule has 2 amide bonds. The van der Waals surface area contributed by atoms with Gasteiger partial charge in [-0.1, -0.05) is 45.0 Å².